The summed E-state index contributed by atoms with van der Waals surface area (Å²) in [5.74, 6) is -10.9. The number of benzene rings is 2. The zero-order valence-corrected chi connectivity index (χ0v) is 40.1. The summed E-state index contributed by atoms with van der Waals surface area (Å²) in [5.41, 5.74) is 23.5. The fourth-order valence-corrected chi connectivity index (χ4v) is 9.66. The van der Waals surface area contributed by atoms with Crippen LogP contribution in [0, 0.1) is 5.92 Å². The molecule has 24 nitrogen and oxygen atoms in total. The second-order valence-corrected chi connectivity index (χ2v) is 19.5. The Bertz CT molecular complexity index is 2260. The molecule has 2 saturated heterocycles. The minimum Gasteiger partial charge on any atom is -0.508 e. The lowest BCUT2D eigenvalue weighted by Crippen LogP contribution is -2.61. The maximum atomic E-state index is 14.5. The monoisotopic (exact) mass is 1010 g/mol. The molecule has 16 N–H and O–H groups in total. The maximum absolute atomic E-state index is 14.5. The first kappa shape index (κ1) is 55.7. The number of phenols is 1. The summed E-state index contributed by atoms with van der Waals surface area (Å²) >= 11 is 0. The molecule has 0 aromatic heterocycles. The number of carbonyl (C=O) groups excluding carboxylic acids is 11. The SMILES string of the molecule is CC(C)[C@H](NC(=O)[C@@H]1CCCN1C(=O)C1CSSCC(N)C(=O)NC(Cc2ccc(O)cc2)C(=O)NC(Cc2ccccc2)C(=O)NC(CC(N)=O)C(=O)NC(CC(N)=O)C(=O)N1)C(=O)NCC(N)=O. The normalized spacial score (nSPS) is 23.6. The van der Waals surface area contributed by atoms with E-state index in [0.29, 0.717) is 17.5 Å². The van der Waals surface area contributed by atoms with E-state index in [0.717, 1.165) is 21.6 Å². The molecule has 2 aromatic carbocycles. The molecule has 380 valence electrons. The Labute approximate surface area is 410 Å². The summed E-state index contributed by atoms with van der Waals surface area (Å²) in [6.07, 6.45) is -1.48. The van der Waals surface area contributed by atoms with Crippen molar-refractivity contribution < 1.29 is 57.8 Å². The smallest absolute Gasteiger partial charge is 0.246 e. The molecular weight excluding hydrogens is 953 g/mol. The van der Waals surface area contributed by atoms with Crippen molar-refractivity contribution in [2.45, 2.75) is 101 Å². The third kappa shape index (κ3) is 17.2. The third-order valence-electron chi connectivity index (χ3n) is 11.0. The number of primary amides is 3. The summed E-state index contributed by atoms with van der Waals surface area (Å²) in [6, 6.07) is 2.74. The van der Waals surface area contributed by atoms with E-state index in [2.05, 4.69) is 37.2 Å². The molecule has 2 fully saturated rings. The summed E-state index contributed by atoms with van der Waals surface area (Å²) in [6.45, 7) is 2.85. The summed E-state index contributed by atoms with van der Waals surface area (Å²) in [4.78, 5) is 148. The van der Waals surface area contributed by atoms with Crippen LogP contribution in [0.4, 0.5) is 0 Å². The van der Waals surface area contributed by atoms with E-state index in [1.807, 2.05) is 0 Å². The number of nitrogens with zero attached hydrogens (tertiary/aromatic N) is 1. The highest BCUT2D eigenvalue weighted by molar-refractivity contribution is 8.76. The number of likely N-dealkylation sites (tertiary alicyclic amines) is 1. The molecule has 4 rings (SSSR count). The minimum absolute atomic E-state index is 0.0342. The average molecular weight is 1010 g/mol. The molecule has 6 unspecified atom stereocenters. The van der Waals surface area contributed by atoms with Crippen molar-refractivity contribution in [2.24, 2.45) is 28.9 Å². The summed E-state index contributed by atoms with van der Waals surface area (Å²) in [7, 11) is 2.01. The highest BCUT2D eigenvalue weighted by Gasteiger charge is 2.41. The van der Waals surface area contributed by atoms with E-state index in [9.17, 15) is 57.8 Å². The molecule has 0 radical (unpaired) electrons. The number of aromatic hydroxyl groups is 1. The van der Waals surface area contributed by atoms with Crippen molar-refractivity contribution in [1.82, 2.24) is 42.1 Å². The zero-order valence-electron chi connectivity index (χ0n) is 38.5. The largest absolute Gasteiger partial charge is 0.508 e. The molecule has 11 amide bonds. The zero-order chi connectivity index (χ0) is 51.7. The van der Waals surface area contributed by atoms with Crippen LogP contribution in [0.15, 0.2) is 54.6 Å². The number of phenolic OH excluding ortho intramolecular Hbond substituents is 1. The van der Waals surface area contributed by atoms with Crippen molar-refractivity contribution in [3.05, 3.63) is 65.7 Å². The molecule has 0 spiro atoms. The van der Waals surface area contributed by atoms with Crippen molar-refractivity contribution >= 4 is 86.6 Å². The van der Waals surface area contributed by atoms with Gasteiger partial charge in [-0.15, -0.1) is 0 Å². The first-order chi connectivity index (χ1) is 33.1. The lowest BCUT2D eigenvalue weighted by atomic mass is 10.0. The van der Waals surface area contributed by atoms with E-state index in [1.165, 1.54) is 29.2 Å². The van der Waals surface area contributed by atoms with E-state index in [4.69, 9.17) is 22.9 Å². The standard InChI is InChI=1S/C44H60N12O12S2/c1-22(2)36(43(67)49-19-35(48)60)55-42(66)32-9-6-14-56(32)44(68)31-21-70-69-20-26(45)37(61)50-27(16-24-10-12-25(57)13-11-24)38(62)51-28(15-23-7-4-3-5-8-23)39(63)52-29(17-33(46)58)40(64)53-30(18-34(47)59)41(65)54-31/h3-5,7-8,10-13,22,26-32,36,57H,6,9,14-21,45H2,1-2H3,(H2,46,58)(H2,47,59)(H2,48,60)(H,49,67)(H,50,61)(H,51,62)(H,52,63)(H,53,64)(H,54,65)(H,55,66)/t26?,27?,28?,29?,30?,31?,32-,36-/m0/s1. The van der Waals surface area contributed by atoms with Gasteiger partial charge in [0, 0.05) is 30.9 Å². The lowest BCUT2D eigenvalue weighted by Gasteiger charge is -2.31. The average Bonchev–Trinajstić information content (AvgIpc) is 3.80. The van der Waals surface area contributed by atoms with Crippen LogP contribution in [0.3, 0.4) is 0 Å². The molecular formula is C44H60N12O12S2. The second-order valence-electron chi connectivity index (χ2n) is 17.0. The number of amides is 11. The number of hydrogen-bond donors (Lipinski definition) is 12. The quantitative estimate of drug-likeness (QED) is 0.0753. The van der Waals surface area contributed by atoms with Crippen LogP contribution in [0.1, 0.15) is 50.7 Å². The minimum atomic E-state index is -1.81. The Kier molecular flexibility index (Phi) is 21.3. The first-order valence-electron chi connectivity index (χ1n) is 22.2. The van der Waals surface area contributed by atoms with Gasteiger partial charge in [-0.05, 0) is 42.0 Å². The molecule has 2 heterocycles. The van der Waals surface area contributed by atoms with Crippen LogP contribution in [0.5, 0.6) is 5.75 Å². The van der Waals surface area contributed by atoms with Crippen LogP contribution in [0.25, 0.3) is 0 Å². The van der Waals surface area contributed by atoms with E-state index in [-0.39, 0.29) is 43.1 Å². The molecule has 70 heavy (non-hydrogen) atoms. The summed E-state index contributed by atoms with van der Waals surface area (Å²) < 4.78 is 0. The maximum Gasteiger partial charge on any atom is 0.246 e. The van der Waals surface area contributed by atoms with Crippen LogP contribution in [-0.4, -0.2) is 148 Å². The van der Waals surface area contributed by atoms with Crippen LogP contribution in [-0.2, 0) is 65.6 Å². The highest BCUT2D eigenvalue weighted by atomic mass is 33.1. The Morgan fingerprint density at radius 1 is 0.686 bits per heavy atom. The second kappa shape index (κ2) is 26.7. The highest BCUT2D eigenvalue weighted by Crippen LogP contribution is 2.26. The molecule has 26 heteroatoms. The predicted molar refractivity (Wildman–Crippen MR) is 256 cm³/mol. The van der Waals surface area contributed by atoms with E-state index >= 15 is 0 Å². The van der Waals surface area contributed by atoms with Crippen molar-refractivity contribution in [3.63, 3.8) is 0 Å². The van der Waals surface area contributed by atoms with Gasteiger partial charge in [0.15, 0.2) is 0 Å². The lowest BCUT2D eigenvalue weighted by molar-refractivity contribution is -0.142. The molecule has 2 aromatic rings. The molecule has 8 atom stereocenters. The number of nitrogens with one attached hydrogen (secondary N) is 7. The van der Waals surface area contributed by atoms with Gasteiger partial charge in [-0.25, -0.2) is 0 Å². The Morgan fingerprint density at radius 3 is 1.73 bits per heavy atom. The van der Waals surface area contributed by atoms with Gasteiger partial charge in [-0.2, -0.15) is 0 Å². The van der Waals surface area contributed by atoms with Crippen molar-refractivity contribution in [1.29, 1.82) is 0 Å². The molecule has 0 saturated carbocycles. The van der Waals surface area contributed by atoms with Crippen molar-refractivity contribution in [3.8, 4) is 5.75 Å². The number of hydrogen-bond acceptors (Lipinski definition) is 15. The van der Waals surface area contributed by atoms with E-state index < -0.39 is 139 Å². The van der Waals surface area contributed by atoms with Crippen LogP contribution in [0.2, 0.25) is 0 Å². The topological polar surface area (TPSA) is 400 Å². The summed E-state index contributed by atoms with van der Waals surface area (Å²) in [5, 5.41) is 27.4. The number of carbonyl (C=O) groups is 11. The molecule has 2 aliphatic rings. The molecule has 0 aliphatic carbocycles. The van der Waals surface area contributed by atoms with Gasteiger partial charge in [0.05, 0.1) is 25.4 Å². The van der Waals surface area contributed by atoms with E-state index in [1.54, 1.807) is 44.2 Å². The number of rotatable bonds is 15. The van der Waals surface area contributed by atoms with Gasteiger partial charge in [-0.3, -0.25) is 52.7 Å². The number of nitrogens with two attached hydrogens (primary N) is 4. The molecule has 0 bridgehead atoms. The first-order valence-corrected chi connectivity index (χ1v) is 24.7. The Morgan fingerprint density at radius 2 is 1.19 bits per heavy atom. The fourth-order valence-electron chi connectivity index (χ4n) is 7.38. The Hall–Kier alpha value is -6.93. The van der Waals surface area contributed by atoms with Crippen molar-refractivity contribution in [2.75, 3.05) is 24.6 Å². The molecule has 2 aliphatic heterocycles. The Balaban J connectivity index is 1.71. The van der Waals surface area contributed by atoms with Gasteiger partial charge >= 0.3 is 0 Å². The third-order valence-corrected chi connectivity index (χ3v) is 13.5. The van der Waals surface area contributed by atoms with Crippen LogP contribution >= 0.6 is 21.6 Å². The van der Waals surface area contributed by atoms with Gasteiger partial charge in [-0.1, -0.05) is 77.9 Å². The van der Waals surface area contributed by atoms with Crippen LogP contribution < -0.4 is 60.2 Å². The van der Waals surface area contributed by atoms with Gasteiger partial charge in [0.2, 0.25) is 65.0 Å². The van der Waals surface area contributed by atoms with Gasteiger partial charge in [0.1, 0.15) is 48.0 Å². The fraction of sp³-hybridized carbons (Fsp3) is 0.477. The predicted octanol–water partition coefficient (Wildman–Crippen LogP) is -4.19. The van der Waals surface area contributed by atoms with Gasteiger partial charge in [0.25, 0.3) is 0 Å². The van der Waals surface area contributed by atoms with Gasteiger partial charge < -0.3 is 70.2 Å².